The smallest absolute Gasteiger partial charge is 0.149 e. The van der Waals surface area contributed by atoms with E-state index in [1.54, 1.807) is 0 Å². The largest absolute Gasteiger partial charge is 0.298 e. The van der Waals surface area contributed by atoms with Gasteiger partial charge in [-0.2, -0.15) is 0 Å². The molecule has 0 aliphatic rings. The molecule has 0 aromatic carbocycles. The monoisotopic (exact) mass is 182 g/mol. The van der Waals surface area contributed by atoms with Crippen LogP contribution in [0, 0.1) is 0 Å². The lowest BCUT2D eigenvalue weighted by Gasteiger charge is -2.08. The van der Waals surface area contributed by atoms with E-state index in [1.165, 1.54) is 13.8 Å². The van der Waals surface area contributed by atoms with Gasteiger partial charge in [0, 0.05) is 0 Å². The van der Waals surface area contributed by atoms with E-state index in [-0.39, 0.29) is 11.6 Å². The van der Waals surface area contributed by atoms with Gasteiger partial charge in [-0.05, 0) is 13.8 Å². The summed E-state index contributed by atoms with van der Waals surface area (Å²) in [6, 6.07) is 0. The molecule has 0 spiro atoms. The van der Waals surface area contributed by atoms with E-state index in [9.17, 15) is 9.59 Å². The highest BCUT2D eigenvalue weighted by Gasteiger charge is 2.24. The molecule has 0 fully saturated rings. The van der Waals surface area contributed by atoms with E-state index < -0.39 is 10.8 Å². The van der Waals surface area contributed by atoms with Crippen molar-refractivity contribution < 1.29 is 9.59 Å². The second-order valence-corrected chi connectivity index (χ2v) is 2.97. The predicted octanol–water partition coefficient (Wildman–Crippen LogP) is 1.38. The van der Waals surface area contributed by atoms with Gasteiger partial charge < -0.3 is 0 Å². The summed E-state index contributed by atoms with van der Waals surface area (Å²) in [6.45, 7) is 2.60. The Balaban J connectivity index is 4.07. The minimum atomic E-state index is -0.890. The highest BCUT2D eigenvalue weighted by atomic mass is 35.5. The minimum Gasteiger partial charge on any atom is -0.298 e. The van der Waals surface area contributed by atoms with Gasteiger partial charge in [-0.25, -0.2) is 0 Å². The maximum absolute atomic E-state index is 10.5. The summed E-state index contributed by atoms with van der Waals surface area (Å²) < 4.78 is 0. The first-order chi connectivity index (χ1) is 4.46. The molecule has 58 valence electrons. The van der Waals surface area contributed by atoms with Crippen LogP contribution in [0.4, 0.5) is 0 Å². The molecular formula is C6H8Cl2O2. The lowest BCUT2D eigenvalue weighted by Crippen LogP contribution is -2.28. The van der Waals surface area contributed by atoms with E-state index in [0.29, 0.717) is 0 Å². The summed E-state index contributed by atoms with van der Waals surface area (Å²) in [6.07, 6.45) is 0. The second-order valence-electron chi connectivity index (χ2n) is 2.02. The Labute approximate surface area is 69.5 Å². The van der Waals surface area contributed by atoms with E-state index >= 15 is 0 Å². The Morgan fingerprint density at radius 1 is 1.00 bits per heavy atom. The molecule has 0 aromatic rings. The average molecular weight is 183 g/mol. The third kappa shape index (κ3) is 2.67. The first-order valence-electron chi connectivity index (χ1n) is 2.76. The van der Waals surface area contributed by atoms with Crippen LogP contribution in [0.5, 0.6) is 0 Å². The second kappa shape index (κ2) is 3.94. The van der Waals surface area contributed by atoms with Gasteiger partial charge in [0.15, 0.2) is 0 Å². The summed E-state index contributed by atoms with van der Waals surface area (Å²) in [4.78, 5) is 21.0. The van der Waals surface area contributed by atoms with Crippen LogP contribution in [0.3, 0.4) is 0 Å². The van der Waals surface area contributed by atoms with Crippen molar-refractivity contribution in [3.05, 3.63) is 0 Å². The van der Waals surface area contributed by atoms with Gasteiger partial charge in [0.25, 0.3) is 0 Å². The van der Waals surface area contributed by atoms with Crippen molar-refractivity contribution in [3.63, 3.8) is 0 Å². The summed E-state index contributed by atoms with van der Waals surface area (Å²) in [5.41, 5.74) is 0. The molecule has 4 heteroatoms. The number of rotatable bonds is 3. The number of ketones is 2. The fraction of sp³-hybridized carbons (Fsp3) is 0.667. The molecule has 0 N–H and O–H groups in total. The van der Waals surface area contributed by atoms with Crippen molar-refractivity contribution in [2.45, 2.75) is 24.6 Å². The highest BCUT2D eigenvalue weighted by Crippen LogP contribution is 2.11. The van der Waals surface area contributed by atoms with Crippen LogP contribution in [0.25, 0.3) is 0 Å². The zero-order chi connectivity index (χ0) is 8.31. The molecule has 0 amide bonds. The van der Waals surface area contributed by atoms with E-state index in [0.717, 1.165) is 0 Å². The maximum atomic E-state index is 10.5. The Bertz CT molecular complexity index is 138. The lowest BCUT2D eigenvalue weighted by atomic mass is 10.2. The van der Waals surface area contributed by atoms with Crippen molar-refractivity contribution in [2.24, 2.45) is 0 Å². The van der Waals surface area contributed by atoms with E-state index in [2.05, 4.69) is 0 Å². The third-order valence-electron chi connectivity index (χ3n) is 1.03. The fourth-order valence-electron chi connectivity index (χ4n) is 0.412. The van der Waals surface area contributed by atoms with Gasteiger partial charge in [-0.1, -0.05) is 0 Å². The zero-order valence-electron chi connectivity index (χ0n) is 5.73. The predicted molar refractivity (Wildman–Crippen MR) is 40.6 cm³/mol. The van der Waals surface area contributed by atoms with Gasteiger partial charge in [-0.3, -0.25) is 9.59 Å². The van der Waals surface area contributed by atoms with Crippen LogP contribution in [0.1, 0.15) is 13.8 Å². The molecule has 2 nitrogen and oxygen atoms in total. The van der Waals surface area contributed by atoms with Crippen LogP contribution in [-0.2, 0) is 9.59 Å². The minimum absolute atomic E-state index is 0.281. The molecular weight excluding hydrogens is 175 g/mol. The molecule has 0 aliphatic carbocycles. The van der Waals surface area contributed by atoms with E-state index in [1.807, 2.05) is 0 Å². The first kappa shape index (κ1) is 9.92. The van der Waals surface area contributed by atoms with Crippen LogP contribution >= 0.6 is 23.2 Å². The molecule has 0 aliphatic heterocycles. The molecule has 0 heterocycles. The zero-order valence-corrected chi connectivity index (χ0v) is 7.24. The molecule has 2 atom stereocenters. The number of hydrogen-bond acceptors (Lipinski definition) is 2. The molecule has 0 saturated heterocycles. The molecule has 0 rings (SSSR count). The molecule has 0 saturated carbocycles. The number of halogens is 2. The van der Waals surface area contributed by atoms with Gasteiger partial charge in [-0.15, -0.1) is 23.2 Å². The Hall–Kier alpha value is -0.0800. The van der Waals surface area contributed by atoms with Crippen molar-refractivity contribution in [2.75, 3.05) is 0 Å². The normalized spacial score (nSPS) is 16.0. The summed E-state index contributed by atoms with van der Waals surface area (Å²) in [7, 11) is 0. The molecule has 2 unspecified atom stereocenters. The maximum Gasteiger partial charge on any atom is 0.149 e. The van der Waals surface area contributed by atoms with Gasteiger partial charge in [0.2, 0.25) is 0 Å². The third-order valence-corrected chi connectivity index (χ3v) is 2.28. The van der Waals surface area contributed by atoms with Crippen LogP contribution in [0.15, 0.2) is 0 Å². The Morgan fingerprint density at radius 2 is 1.20 bits per heavy atom. The molecule has 0 aromatic heterocycles. The Morgan fingerprint density at radius 3 is 1.30 bits per heavy atom. The standard InChI is InChI=1S/C6H8Cl2O2/c1-3(9)5(7)6(8)4(2)10/h5-6H,1-2H3. The van der Waals surface area contributed by atoms with Gasteiger partial charge >= 0.3 is 0 Å². The molecule has 0 bridgehead atoms. The molecule has 10 heavy (non-hydrogen) atoms. The summed E-state index contributed by atoms with van der Waals surface area (Å²) in [5, 5.41) is -1.78. The highest BCUT2D eigenvalue weighted by molar-refractivity contribution is 6.42. The lowest BCUT2D eigenvalue weighted by molar-refractivity contribution is -0.121. The molecule has 0 radical (unpaired) electrons. The SMILES string of the molecule is CC(=O)C(Cl)C(Cl)C(C)=O. The fourth-order valence-corrected chi connectivity index (χ4v) is 0.767. The van der Waals surface area contributed by atoms with Crippen molar-refractivity contribution >= 4 is 34.8 Å². The first-order valence-corrected chi connectivity index (χ1v) is 3.63. The number of hydrogen-bond donors (Lipinski definition) is 0. The van der Waals surface area contributed by atoms with Crippen LogP contribution < -0.4 is 0 Å². The van der Waals surface area contributed by atoms with Crippen LogP contribution in [0.2, 0.25) is 0 Å². The quantitative estimate of drug-likeness (QED) is 0.619. The van der Waals surface area contributed by atoms with Crippen molar-refractivity contribution in [1.29, 1.82) is 0 Å². The summed E-state index contributed by atoms with van der Waals surface area (Å²) in [5.74, 6) is -0.561. The number of carbonyl (C=O) groups is 2. The topological polar surface area (TPSA) is 34.1 Å². The van der Waals surface area contributed by atoms with Crippen molar-refractivity contribution in [1.82, 2.24) is 0 Å². The number of carbonyl (C=O) groups excluding carboxylic acids is 2. The van der Waals surface area contributed by atoms with Crippen molar-refractivity contribution in [3.8, 4) is 0 Å². The summed E-state index contributed by atoms with van der Waals surface area (Å²) >= 11 is 10.9. The van der Waals surface area contributed by atoms with E-state index in [4.69, 9.17) is 23.2 Å². The number of alkyl halides is 2. The Kier molecular flexibility index (Phi) is 3.91. The number of Topliss-reactive ketones (excluding diaryl/α,β-unsaturated/α-hetero) is 2. The van der Waals surface area contributed by atoms with Gasteiger partial charge in [0.1, 0.15) is 22.3 Å². The van der Waals surface area contributed by atoms with Crippen LogP contribution in [-0.4, -0.2) is 22.3 Å². The van der Waals surface area contributed by atoms with Gasteiger partial charge in [0.05, 0.1) is 0 Å². The average Bonchev–Trinajstić information content (AvgIpc) is 1.84.